The van der Waals surface area contributed by atoms with Crippen LogP contribution in [0.2, 0.25) is 25.7 Å². The van der Waals surface area contributed by atoms with Gasteiger partial charge in [0.15, 0.2) is 5.12 Å². The number of rotatable bonds is 20. The van der Waals surface area contributed by atoms with Crippen LogP contribution < -0.4 is 5.32 Å². The maximum Gasteiger partial charge on any atom is 0.407 e. The molecule has 2 aromatic carbocycles. The van der Waals surface area contributed by atoms with Crippen molar-refractivity contribution in [3.63, 3.8) is 0 Å². The largest absolute Gasteiger partial charge is 0.466 e. The first-order chi connectivity index (χ1) is 24.2. The summed E-state index contributed by atoms with van der Waals surface area (Å²) in [4.78, 5) is 52.0. The number of allylic oxidation sites excluding steroid dienone is 1. The summed E-state index contributed by atoms with van der Waals surface area (Å²) in [6.07, 6.45) is 8.42. The fourth-order valence-corrected chi connectivity index (χ4v) is 7.37. The zero-order valence-corrected chi connectivity index (χ0v) is 33.6. The molecule has 0 saturated carbocycles. The lowest BCUT2D eigenvalue weighted by molar-refractivity contribution is -0.156. The van der Waals surface area contributed by atoms with E-state index < -0.39 is 43.7 Å². The van der Waals surface area contributed by atoms with Crippen LogP contribution in [0, 0.1) is 5.41 Å². The van der Waals surface area contributed by atoms with Crippen LogP contribution in [-0.2, 0) is 28.6 Å². The van der Waals surface area contributed by atoms with E-state index in [1.807, 2.05) is 63.2 Å². The molecule has 51 heavy (non-hydrogen) atoms. The molecule has 2 aromatic rings. The van der Waals surface area contributed by atoms with E-state index in [2.05, 4.69) is 44.0 Å². The van der Waals surface area contributed by atoms with Gasteiger partial charge >= 0.3 is 18.0 Å². The van der Waals surface area contributed by atoms with Gasteiger partial charge < -0.3 is 19.5 Å². The number of unbranched alkanes of at least 4 members (excludes halogenated alkanes) is 4. The van der Waals surface area contributed by atoms with Crippen molar-refractivity contribution in [2.24, 2.45) is 5.41 Å². The Kier molecular flexibility index (Phi) is 17.0. The highest BCUT2D eigenvalue weighted by Crippen LogP contribution is 2.44. The zero-order chi connectivity index (χ0) is 37.4. The normalized spacial score (nSPS) is 14.0. The minimum atomic E-state index is -1.41. The van der Waals surface area contributed by atoms with E-state index >= 15 is 0 Å². The molecule has 3 rings (SSSR count). The predicted molar refractivity (Wildman–Crippen MR) is 210 cm³/mol. The van der Waals surface area contributed by atoms with E-state index in [4.69, 9.17) is 14.2 Å². The van der Waals surface area contributed by atoms with Gasteiger partial charge in [-0.15, -0.1) is 0 Å². The number of nitrogens with one attached hydrogen (secondary N) is 1. The van der Waals surface area contributed by atoms with E-state index in [0.29, 0.717) is 25.2 Å². The maximum atomic E-state index is 13.7. The van der Waals surface area contributed by atoms with Gasteiger partial charge in [0.2, 0.25) is 0 Å². The molecule has 0 aromatic heterocycles. The number of hydrogen-bond donors (Lipinski definition) is 1. The summed E-state index contributed by atoms with van der Waals surface area (Å²) >= 11 is 1.31. The van der Waals surface area contributed by atoms with E-state index in [1.54, 1.807) is 6.08 Å². The van der Waals surface area contributed by atoms with Crippen molar-refractivity contribution < 1.29 is 33.4 Å². The molecule has 1 amide bonds. The van der Waals surface area contributed by atoms with Gasteiger partial charge in [0, 0.05) is 26.2 Å². The molecule has 0 bridgehead atoms. The summed E-state index contributed by atoms with van der Waals surface area (Å²) in [7, 11) is -1.41. The van der Waals surface area contributed by atoms with Crippen molar-refractivity contribution in [3.05, 3.63) is 71.8 Å². The molecule has 0 heterocycles. The Labute approximate surface area is 310 Å². The Morgan fingerprint density at radius 2 is 1.53 bits per heavy atom. The molecular formula is C41H59NO7SSi. The average Bonchev–Trinajstić information content (AvgIpc) is 3.38. The summed E-state index contributed by atoms with van der Waals surface area (Å²) in [5.41, 5.74) is 3.71. The van der Waals surface area contributed by atoms with Crippen LogP contribution in [0.25, 0.3) is 11.1 Å². The molecule has 0 radical (unpaired) electrons. The van der Waals surface area contributed by atoms with E-state index in [9.17, 15) is 19.2 Å². The summed E-state index contributed by atoms with van der Waals surface area (Å²) in [5, 5.41) is 2.92. The second kappa shape index (κ2) is 20.6. The quantitative estimate of drug-likeness (QED) is 0.0471. The molecule has 1 aliphatic carbocycles. The Morgan fingerprint density at radius 1 is 0.902 bits per heavy atom. The van der Waals surface area contributed by atoms with Gasteiger partial charge in [-0.05, 0) is 52.6 Å². The summed E-state index contributed by atoms with van der Waals surface area (Å²) in [5.74, 6) is -0.656. The number of fused-ring (bicyclic) bond motifs is 3. The first-order valence-electron chi connectivity index (χ1n) is 18.5. The fraction of sp³-hybridized carbons (Fsp3) is 0.561. The molecule has 0 aliphatic heterocycles. The molecule has 8 nitrogen and oxygen atoms in total. The number of carbonyl (C=O) groups is 4. The van der Waals surface area contributed by atoms with Crippen molar-refractivity contribution >= 4 is 43.0 Å². The second-order valence-electron chi connectivity index (χ2n) is 15.6. The van der Waals surface area contributed by atoms with Crippen LogP contribution in [0.1, 0.15) is 96.1 Å². The van der Waals surface area contributed by atoms with Crippen molar-refractivity contribution in [1.82, 2.24) is 5.32 Å². The molecule has 1 aliphatic rings. The lowest BCUT2D eigenvalue weighted by Gasteiger charge is -2.30. The number of thioether (sulfide) groups is 1. The third-order valence-corrected chi connectivity index (χ3v) is 11.5. The Morgan fingerprint density at radius 3 is 2.14 bits per heavy atom. The van der Waals surface area contributed by atoms with Gasteiger partial charge in [-0.2, -0.15) is 0 Å². The highest BCUT2D eigenvalue weighted by atomic mass is 32.2. The number of hydrogen-bond acceptors (Lipinski definition) is 8. The number of benzene rings is 2. The summed E-state index contributed by atoms with van der Waals surface area (Å²) < 4.78 is 17.1. The zero-order valence-electron chi connectivity index (χ0n) is 31.8. The smallest absolute Gasteiger partial charge is 0.407 e. The molecule has 280 valence electrons. The second-order valence-corrected chi connectivity index (χ2v) is 22.4. The van der Waals surface area contributed by atoms with Gasteiger partial charge in [-0.3, -0.25) is 9.59 Å². The Bertz CT molecular complexity index is 1430. The molecule has 1 N–H and O–H groups in total. The molecule has 10 heteroatoms. The predicted octanol–water partition coefficient (Wildman–Crippen LogP) is 9.69. The molecule has 2 atom stereocenters. The maximum absolute atomic E-state index is 13.7. The monoisotopic (exact) mass is 737 g/mol. The molecule has 0 saturated heterocycles. The standard InChI is InChI=1S/C41H59NO7SSi/c1-8-9-10-11-12-24-37(44)50-26-18-17-19-30(28-36(43)47-25-27-51(5,6)7)49-39(45)38(41(2,3)4)42-40(46)48-29-35-33-22-15-13-20-31(33)32-21-14-16-23-34(32)35/h13-17,19-23,30,35,38H,8-12,18,24-29H2,1-7H3,(H,42,46)/t30-,38-/m1/s1. The first kappa shape index (κ1) is 42.0. The molecular weight excluding hydrogens is 679 g/mol. The van der Waals surface area contributed by atoms with Crippen molar-refractivity contribution in [2.75, 3.05) is 19.0 Å². The minimum absolute atomic E-state index is 0.111. The van der Waals surface area contributed by atoms with E-state index in [0.717, 1.165) is 47.6 Å². The van der Waals surface area contributed by atoms with Crippen LogP contribution in [-0.4, -0.2) is 62.3 Å². The number of amides is 1. The van der Waals surface area contributed by atoms with Crippen LogP contribution in [0.3, 0.4) is 0 Å². The third-order valence-electron chi connectivity index (χ3n) is 8.84. The fourth-order valence-electron chi connectivity index (χ4n) is 5.88. The SMILES string of the molecule is CCCCCCCC(=O)SCCC=C[C@H](CC(=O)OCC[Si](C)(C)C)OC(=O)[C@@H](NC(=O)OCC1c2ccccc2-c2ccccc21)C(C)(C)C. The number of esters is 2. The lowest BCUT2D eigenvalue weighted by atomic mass is 9.87. The van der Waals surface area contributed by atoms with E-state index in [1.165, 1.54) is 24.6 Å². The van der Waals surface area contributed by atoms with Crippen molar-refractivity contribution in [2.45, 2.75) is 123 Å². The number of carbonyl (C=O) groups excluding carboxylic acids is 4. The van der Waals surface area contributed by atoms with Crippen molar-refractivity contribution in [3.8, 4) is 11.1 Å². The Balaban J connectivity index is 1.61. The first-order valence-corrected chi connectivity index (χ1v) is 23.2. The third kappa shape index (κ3) is 14.6. The van der Waals surface area contributed by atoms with Gasteiger partial charge in [-0.25, -0.2) is 9.59 Å². The Hall–Kier alpha value is -3.37. The van der Waals surface area contributed by atoms with Gasteiger partial charge in [0.1, 0.15) is 18.8 Å². The van der Waals surface area contributed by atoms with Gasteiger partial charge in [0.25, 0.3) is 0 Å². The summed E-state index contributed by atoms with van der Waals surface area (Å²) in [6, 6.07) is 16.0. The van der Waals surface area contributed by atoms with Crippen molar-refractivity contribution in [1.29, 1.82) is 0 Å². The van der Waals surface area contributed by atoms with E-state index in [-0.39, 0.29) is 24.1 Å². The number of ether oxygens (including phenoxy) is 3. The minimum Gasteiger partial charge on any atom is -0.466 e. The topological polar surface area (TPSA) is 108 Å². The average molecular weight is 738 g/mol. The van der Waals surface area contributed by atoms with Gasteiger partial charge in [-0.1, -0.05) is 139 Å². The van der Waals surface area contributed by atoms with Crippen LogP contribution in [0.4, 0.5) is 4.79 Å². The highest BCUT2D eigenvalue weighted by Gasteiger charge is 2.37. The van der Waals surface area contributed by atoms with Gasteiger partial charge in [0.05, 0.1) is 13.0 Å². The van der Waals surface area contributed by atoms with Crippen LogP contribution in [0.5, 0.6) is 0 Å². The molecule has 0 spiro atoms. The molecule has 0 unspecified atom stereocenters. The summed E-state index contributed by atoms with van der Waals surface area (Å²) in [6.45, 7) is 14.7. The van der Waals surface area contributed by atoms with Crippen LogP contribution in [0.15, 0.2) is 60.7 Å². The number of alkyl carbamates (subject to hydrolysis) is 1. The molecule has 0 fully saturated rings. The van der Waals surface area contributed by atoms with Crippen LogP contribution >= 0.6 is 11.8 Å². The highest BCUT2D eigenvalue weighted by molar-refractivity contribution is 8.13. The lowest BCUT2D eigenvalue weighted by Crippen LogP contribution is -2.51.